The van der Waals surface area contributed by atoms with Crippen LogP contribution in [-0.2, 0) is 0 Å². The zero-order chi connectivity index (χ0) is 11.3. The minimum absolute atomic E-state index is 0.630. The van der Waals surface area contributed by atoms with Gasteiger partial charge in [0.1, 0.15) is 0 Å². The molecular weight excluding hydrogens is 184 g/mol. The summed E-state index contributed by atoms with van der Waals surface area (Å²) in [5.41, 5.74) is 6.37. The molecule has 1 atom stereocenters. The molecule has 1 aliphatic carbocycles. The van der Waals surface area contributed by atoms with Crippen LogP contribution < -0.4 is 11.1 Å². The van der Waals surface area contributed by atoms with Crippen molar-refractivity contribution >= 4 is 0 Å². The SMILES string of the molecule is CCCC(CN)CNCC1(C(C)C)CC1. The van der Waals surface area contributed by atoms with Crippen molar-refractivity contribution in [2.75, 3.05) is 19.6 Å². The lowest BCUT2D eigenvalue weighted by Gasteiger charge is -2.22. The molecule has 0 aliphatic heterocycles. The molecule has 15 heavy (non-hydrogen) atoms. The second-order valence-electron chi connectivity index (χ2n) is 5.54. The van der Waals surface area contributed by atoms with Crippen molar-refractivity contribution in [3.8, 4) is 0 Å². The highest BCUT2D eigenvalue weighted by Crippen LogP contribution is 2.51. The van der Waals surface area contributed by atoms with Gasteiger partial charge in [0, 0.05) is 6.54 Å². The highest BCUT2D eigenvalue weighted by atomic mass is 14.9. The van der Waals surface area contributed by atoms with Gasteiger partial charge in [0.2, 0.25) is 0 Å². The van der Waals surface area contributed by atoms with E-state index in [-0.39, 0.29) is 0 Å². The van der Waals surface area contributed by atoms with E-state index in [0.717, 1.165) is 19.0 Å². The fourth-order valence-electron chi connectivity index (χ4n) is 2.36. The molecule has 90 valence electrons. The first-order valence-electron chi connectivity index (χ1n) is 6.55. The Balaban J connectivity index is 2.15. The van der Waals surface area contributed by atoms with Gasteiger partial charge >= 0.3 is 0 Å². The van der Waals surface area contributed by atoms with E-state index in [0.29, 0.717) is 11.3 Å². The van der Waals surface area contributed by atoms with Crippen molar-refractivity contribution in [2.24, 2.45) is 23.0 Å². The summed E-state index contributed by atoms with van der Waals surface area (Å²) in [6.07, 6.45) is 5.34. The number of hydrogen-bond acceptors (Lipinski definition) is 2. The Hall–Kier alpha value is -0.0800. The molecule has 1 rings (SSSR count). The van der Waals surface area contributed by atoms with Crippen LogP contribution in [0.15, 0.2) is 0 Å². The standard InChI is InChI=1S/C13H28N2/c1-4-5-12(8-14)9-15-10-13(6-7-13)11(2)3/h11-12,15H,4-10,14H2,1-3H3. The van der Waals surface area contributed by atoms with Crippen molar-refractivity contribution in [3.05, 3.63) is 0 Å². The molecule has 0 bridgehead atoms. The third kappa shape index (κ3) is 3.76. The summed E-state index contributed by atoms with van der Waals surface area (Å²) < 4.78 is 0. The van der Waals surface area contributed by atoms with Gasteiger partial charge in [0.15, 0.2) is 0 Å². The van der Waals surface area contributed by atoms with Crippen molar-refractivity contribution in [3.63, 3.8) is 0 Å². The smallest absolute Gasteiger partial charge is 0.00104 e. The van der Waals surface area contributed by atoms with Crippen LogP contribution in [0.4, 0.5) is 0 Å². The van der Waals surface area contributed by atoms with Crippen LogP contribution >= 0.6 is 0 Å². The van der Waals surface area contributed by atoms with Gasteiger partial charge in [-0.2, -0.15) is 0 Å². The van der Waals surface area contributed by atoms with Gasteiger partial charge in [-0.1, -0.05) is 27.2 Å². The van der Waals surface area contributed by atoms with Crippen LogP contribution in [0.3, 0.4) is 0 Å². The maximum absolute atomic E-state index is 5.74. The fraction of sp³-hybridized carbons (Fsp3) is 1.00. The lowest BCUT2D eigenvalue weighted by Crippen LogP contribution is -2.33. The molecule has 1 unspecified atom stereocenters. The first-order chi connectivity index (χ1) is 7.14. The Kier molecular flexibility index (Phi) is 5.07. The van der Waals surface area contributed by atoms with Crippen LogP contribution in [0.5, 0.6) is 0 Å². The minimum Gasteiger partial charge on any atom is -0.330 e. The summed E-state index contributed by atoms with van der Waals surface area (Å²) in [5, 5.41) is 3.63. The van der Waals surface area contributed by atoms with Gasteiger partial charge in [0.05, 0.1) is 0 Å². The Labute approximate surface area is 95.0 Å². The van der Waals surface area contributed by atoms with Gasteiger partial charge < -0.3 is 11.1 Å². The number of rotatable bonds is 8. The molecule has 1 saturated carbocycles. The van der Waals surface area contributed by atoms with Crippen LogP contribution in [-0.4, -0.2) is 19.6 Å². The van der Waals surface area contributed by atoms with E-state index in [1.807, 2.05) is 0 Å². The molecule has 0 aromatic rings. The zero-order valence-electron chi connectivity index (χ0n) is 10.7. The summed E-state index contributed by atoms with van der Waals surface area (Å²) in [7, 11) is 0. The highest BCUT2D eigenvalue weighted by molar-refractivity contribution is 4.97. The molecule has 1 aliphatic rings. The normalized spacial score (nSPS) is 20.6. The molecule has 0 spiro atoms. The quantitative estimate of drug-likeness (QED) is 0.648. The summed E-state index contributed by atoms with van der Waals surface area (Å²) in [6, 6.07) is 0. The number of hydrogen-bond donors (Lipinski definition) is 2. The summed E-state index contributed by atoms with van der Waals surface area (Å²) in [5.74, 6) is 1.51. The predicted octanol–water partition coefficient (Wildman–Crippen LogP) is 2.39. The zero-order valence-corrected chi connectivity index (χ0v) is 10.7. The Morgan fingerprint density at radius 2 is 2.00 bits per heavy atom. The van der Waals surface area contributed by atoms with E-state index in [9.17, 15) is 0 Å². The third-order valence-electron chi connectivity index (χ3n) is 4.06. The van der Waals surface area contributed by atoms with Gasteiger partial charge in [-0.15, -0.1) is 0 Å². The molecular formula is C13H28N2. The van der Waals surface area contributed by atoms with Crippen molar-refractivity contribution < 1.29 is 0 Å². The predicted molar refractivity (Wildman–Crippen MR) is 66.8 cm³/mol. The molecule has 0 amide bonds. The van der Waals surface area contributed by atoms with E-state index in [1.54, 1.807) is 0 Å². The van der Waals surface area contributed by atoms with E-state index < -0.39 is 0 Å². The fourth-order valence-corrected chi connectivity index (χ4v) is 2.36. The molecule has 0 radical (unpaired) electrons. The number of nitrogens with two attached hydrogens (primary N) is 1. The van der Waals surface area contributed by atoms with E-state index in [2.05, 4.69) is 26.1 Å². The topological polar surface area (TPSA) is 38.0 Å². The summed E-state index contributed by atoms with van der Waals surface area (Å²) in [6.45, 7) is 10.1. The Morgan fingerprint density at radius 1 is 1.33 bits per heavy atom. The molecule has 2 nitrogen and oxygen atoms in total. The van der Waals surface area contributed by atoms with Crippen LogP contribution in [0.1, 0.15) is 46.5 Å². The van der Waals surface area contributed by atoms with Crippen LogP contribution in [0, 0.1) is 17.3 Å². The summed E-state index contributed by atoms with van der Waals surface area (Å²) >= 11 is 0. The van der Waals surface area contributed by atoms with E-state index in [1.165, 1.54) is 32.2 Å². The van der Waals surface area contributed by atoms with E-state index in [4.69, 9.17) is 5.73 Å². The van der Waals surface area contributed by atoms with Gasteiger partial charge in [0.25, 0.3) is 0 Å². The molecule has 0 saturated heterocycles. The highest BCUT2D eigenvalue weighted by Gasteiger charge is 2.44. The Bertz CT molecular complexity index is 173. The van der Waals surface area contributed by atoms with Crippen molar-refractivity contribution in [1.82, 2.24) is 5.32 Å². The van der Waals surface area contributed by atoms with Crippen LogP contribution in [0.2, 0.25) is 0 Å². The molecule has 3 N–H and O–H groups in total. The van der Waals surface area contributed by atoms with Crippen molar-refractivity contribution in [2.45, 2.75) is 46.5 Å². The molecule has 2 heteroatoms. The molecule has 1 fully saturated rings. The van der Waals surface area contributed by atoms with Gasteiger partial charge in [-0.3, -0.25) is 0 Å². The second kappa shape index (κ2) is 5.86. The van der Waals surface area contributed by atoms with E-state index >= 15 is 0 Å². The minimum atomic E-state index is 0.630. The monoisotopic (exact) mass is 212 g/mol. The lowest BCUT2D eigenvalue weighted by atomic mass is 9.92. The maximum atomic E-state index is 5.74. The Morgan fingerprint density at radius 3 is 2.40 bits per heavy atom. The van der Waals surface area contributed by atoms with Gasteiger partial charge in [-0.25, -0.2) is 0 Å². The first kappa shape index (κ1) is 13.0. The molecule has 0 aromatic heterocycles. The van der Waals surface area contributed by atoms with Crippen molar-refractivity contribution in [1.29, 1.82) is 0 Å². The number of nitrogens with one attached hydrogen (secondary N) is 1. The molecule has 0 aromatic carbocycles. The second-order valence-corrected chi connectivity index (χ2v) is 5.54. The maximum Gasteiger partial charge on any atom is 0.00104 e. The largest absolute Gasteiger partial charge is 0.330 e. The molecule has 0 heterocycles. The first-order valence-corrected chi connectivity index (χ1v) is 6.55. The lowest BCUT2D eigenvalue weighted by molar-refractivity contribution is 0.323. The average Bonchev–Trinajstić information content (AvgIpc) is 2.97. The van der Waals surface area contributed by atoms with Crippen LogP contribution in [0.25, 0.3) is 0 Å². The summed E-state index contributed by atoms with van der Waals surface area (Å²) in [4.78, 5) is 0. The van der Waals surface area contributed by atoms with Gasteiger partial charge in [-0.05, 0) is 49.6 Å². The average molecular weight is 212 g/mol. The third-order valence-corrected chi connectivity index (χ3v) is 4.06.